The number of allylic oxidation sites excluding steroid dienone is 5. The van der Waals surface area contributed by atoms with E-state index in [1.165, 1.54) is 38.1 Å². The van der Waals surface area contributed by atoms with Crippen molar-refractivity contribution in [2.75, 3.05) is 13.1 Å². The lowest BCUT2D eigenvalue weighted by Gasteiger charge is -2.18. The van der Waals surface area contributed by atoms with Crippen LogP contribution >= 0.6 is 23.2 Å². The third kappa shape index (κ3) is 8.75. The van der Waals surface area contributed by atoms with Crippen LogP contribution in [0.25, 0.3) is 5.57 Å². The minimum atomic E-state index is -0.485. The first-order valence-corrected chi connectivity index (χ1v) is 12.9. The fourth-order valence-electron chi connectivity index (χ4n) is 3.89. The van der Waals surface area contributed by atoms with Crippen LogP contribution in [0, 0.1) is 18.7 Å². The zero-order valence-electron chi connectivity index (χ0n) is 21.2. The first-order valence-electron chi connectivity index (χ1n) is 12.1. The van der Waals surface area contributed by atoms with Crippen LogP contribution in [0.4, 0.5) is 4.39 Å². The fraction of sp³-hybridized carbons (Fsp3) is 0.429. The fourth-order valence-corrected chi connectivity index (χ4v) is 4.64. The second-order valence-corrected chi connectivity index (χ2v) is 9.81. The van der Waals surface area contributed by atoms with Gasteiger partial charge in [0.05, 0.1) is 5.02 Å². The summed E-state index contributed by atoms with van der Waals surface area (Å²) in [7, 11) is 0. The van der Waals surface area contributed by atoms with Gasteiger partial charge < -0.3 is 11.1 Å². The van der Waals surface area contributed by atoms with E-state index in [2.05, 4.69) is 28.8 Å². The van der Waals surface area contributed by atoms with E-state index in [9.17, 15) is 4.39 Å². The average molecular weight is 520 g/mol. The molecule has 0 spiro atoms. The van der Waals surface area contributed by atoms with Crippen LogP contribution in [0.1, 0.15) is 69.3 Å². The molecule has 0 radical (unpaired) electrons. The summed E-state index contributed by atoms with van der Waals surface area (Å²) < 4.78 is 13.9. The molecule has 1 saturated heterocycles. The Balaban J connectivity index is 0.000000527. The van der Waals surface area contributed by atoms with E-state index in [4.69, 9.17) is 28.9 Å². The number of nitrogens with one attached hydrogen (secondary N) is 1. The second kappa shape index (κ2) is 14.4. The molecule has 1 unspecified atom stereocenters. The number of aryl methyl sites for hydroxylation is 1. The zero-order valence-corrected chi connectivity index (χ0v) is 22.7. The first kappa shape index (κ1) is 29.0. The molecule has 0 bridgehead atoms. The van der Waals surface area contributed by atoms with E-state index in [0.717, 1.165) is 28.3 Å². The van der Waals surface area contributed by atoms with Gasteiger partial charge in [0.2, 0.25) is 0 Å². The Hall–Kier alpha value is -2.21. The van der Waals surface area contributed by atoms with Crippen LogP contribution in [0.15, 0.2) is 54.5 Å². The quantitative estimate of drug-likeness (QED) is 0.292. The van der Waals surface area contributed by atoms with E-state index < -0.39 is 5.82 Å². The van der Waals surface area contributed by atoms with Crippen LogP contribution in [0.2, 0.25) is 10.0 Å². The number of hydrogen-bond acceptors (Lipinski definition) is 4. The van der Waals surface area contributed by atoms with Crippen LogP contribution < -0.4 is 11.1 Å². The van der Waals surface area contributed by atoms with Gasteiger partial charge in [-0.1, -0.05) is 56.6 Å². The van der Waals surface area contributed by atoms with Crippen molar-refractivity contribution >= 4 is 28.8 Å². The monoisotopic (exact) mass is 518 g/mol. The van der Waals surface area contributed by atoms with Crippen molar-refractivity contribution < 1.29 is 4.39 Å². The smallest absolute Gasteiger partial charge is 0.142 e. The molecule has 1 aromatic heterocycles. The van der Waals surface area contributed by atoms with Gasteiger partial charge in [0.1, 0.15) is 11.6 Å². The van der Waals surface area contributed by atoms with Gasteiger partial charge in [-0.15, -0.1) is 0 Å². The minimum absolute atomic E-state index is 0.0503. The highest BCUT2D eigenvalue weighted by molar-refractivity contribution is 6.36. The summed E-state index contributed by atoms with van der Waals surface area (Å²) in [5.74, 6) is 1.05. The van der Waals surface area contributed by atoms with Gasteiger partial charge in [-0.05, 0) is 92.5 Å². The largest absolute Gasteiger partial charge is 0.402 e. The molecule has 0 saturated carbocycles. The molecule has 3 N–H and O–H groups in total. The van der Waals surface area contributed by atoms with E-state index in [0.29, 0.717) is 29.3 Å². The van der Waals surface area contributed by atoms with Gasteiger partial charge in [0.25, 0.3) is 0 Å². The molecular formula is C28H37Cl2FN4. The van der Waals surface area contributed by atoms with Gasteiger partial charge >= 0.3 is 0 Å². The Bertz CT molecular complexity index is 1040. The molecule has 1 fully saturated rings. The summed E-state index contributed by atoms with van der Waals surface area (Å²) in [6.07, 6.45) is 11.2. The highest BCUT2D eigenvalue weighted by Gasteiger charge is 2.19. The van der Waals surface area contributed by atoms with Gasteiger partial charge in [0, 0.05) is 28.7 Å². The molecule has 1 aromatic carbocycles. The molecule has 4 nitrogen and oxygen atoms in total. The van der Waals surface area contributed by atoms with Gasteiger partial charge in [0.15, 0.2) is 0 Å². The lowest BCUT2D eigenvalue weighted by atomic mass is 9.90. The van der Waals surface area contributed by atoms with Crippen molar-refractivity contribution in [3.8, 4) is 0 Å². The van der Waals surface area contributed by atoms with Crippen LogP contribution in [0.5, 0.6) is 0 Å². The van der Waals surface area contributed by atoms with E-state index in [1.54, 1.807) is 18.5 Å². The maximum Gasteiger partial charge on any atom is 0.142 e. The van der Waals surface area contributed by atoms with Crippen molar-refractivity contribution in [2.45, 2.75) is 59.3 Å². The maximum absolute atomic E-state index is 13.9. The molecule has 2 aromatic rings. The predicted octanol–water partition coefficient (Wildman–Crippen LogP) is 7.62. The molecule has 0 aliphatic carbocycles. The lowest BCUT2D eigenvalue weighted by Crippen LogP contribution is -2.26. The Kier molecular flexibility index (Phi) is 11.9. The van der Waals surface area contributed by atoms with Crippen molar-refractivity contribution in [3.63, 3.8) is 0 Å². The van der Waals surface area contributed by atoms with E-state index in [1.807, 2.05) is 26.8 Å². The topological polar surface area (TPSA) is 63.8 Å². The van der Waals surface area contributed by atoms with Gasteiger partial charge in [-0.3, -0.25) is 0 Å². The molecule has 1 aliphatic rings. The Labute approximate surface area is 219 Å². The molecule has 7 heteroatoms. The maximum atomic E-state index is 13.9. The minimum Gasteiger partial charge on any atom is -0.402 e. The SMILES string of the molecule is C=C/C(=C\C(CC(C)c1c(Cl)ccc(F)c1Cl)=C(\N)CC)c1cnc(C)nc1.CC1CCNCC1. The summed E-state index contributed by atoms with van der Waals surface area (Å²) in [5, 5.41) is 3.80. The van der Waals surface area contributed by atoms with Crippen molar-refractivity contribution in [1.29, 1.82) is 0 Å². The molecule has 35 heavy (non-hydrogen) atoms. The zero-order chi connectivity index (χ0) is 26.0. The number of piperidine rings is 1. The summed E-state index contributed by atoms with van der Waals surface area (Å²) in [5.41, 5.74) is 10.2. The van der Waals surface area contributed by atoms with Crippen molar-refractivity contribution in [2.24, 2.45) is 11.7 Å². The Morgan fingerprint density at radius 2 is 1.89 bits per heavy atom. The number of aromatic nitrogens is 2. The Morgan fingerprint density at radius 3 is 2.40 bits per heavy atom. The molecule has 0 amide bonds. The summed E-state index contributed by atoms with van der Waals surface area (Å²) in [6, 6.07) is 2.79. The van der Waals surface area contributed by atoms with E-state index in [-0.39, 0.29) is 10.9 Å². The third-order valence-corrected chi connectivity index (χ3v) is 6.90. The Morgan fingerprint density at radius 1 is 1.26 bits per heavy atom. The normalized spacial score (nSPS) is 16.1. The molecule has 190 valence electrons. The summed E-state index contributed by atoms with van der Waals surface area (Å²) in [6.45, 7) is 14.5. The highest BCUT2D eigenvalue weighted by Crippen LogP contribution is 2.37. The molecule has 1 aliphatic heterocycles. The number of halogens is 3. The average Bonchev–Trinajstić information content (AvgIpc) is 2.85. The standard InChI is InChI=1S/C22H24Cl2FN3.C6H13N/c1-5-15(17-11-27-14(4)28-12-17)10-16(20(26)6-2)9-13(3)21-18(23)7-8-19(25)22(21)24;1-6-2-4-7-5-3-6/h5,7-8,10-13H,1,6,9,26H2,2-4H3;6-7H,2-5H2,1H3/b15-10+,20-16+;. The lowest BCUT2D eigenvalue weighted by molar-refractivity contribution is 0.402. The number of benzene rings is 1. The van der Waals surface area contributed by atoms with Crippen molar-refractivity contribution in [3.05, 3.63) is 87.3 Å². The predicted molar refractivity (Wildman–Crippen MR) is 147 cm³/mol. The molecule has 1 atom stereocenters. The summed E-state index contributed by atoms with van der Waals surface area (Å²) in [4.78, 5) is 8.48. The number of nitrogens with two attached hydrogens (primary N) is 1. The van der Waals surface area contributed by atoms with E-state index >= 15 is 0 Å². The second-order valence-electron chi connectivity index (χ2n) is 9.02. The van der Waals surface area contributed by atoms with Gasteiger partial charge in [-0.25, -0.2) is 14.4 Å². The van der Waals surface area contributed by atoms with Crippen LogP contribution in [-0.2, 0) is 0 Å². The van der Waals surface area contributed by atoms with Gasteiger partial charge in [-0.2, -0.15) is 0 Å². The summed E-state index contributed by atoms with van der Waals surface area (Å²) >= 11 is 12.5. The highest BCUT2D eigenvalue weighted by atomic mass is 35.5. The number of hydrogen-bond donors (Lipinski definition) is 2. The number of rotatable bonds is 7. The van der Waals surface area contributed by atoms with Crippen LogP contribution in [0.3, 0.4) is 0 Å². The van der Waals surface area contributed by atoms with Crippen LogP contribution in [-0.4, -0.2) is 23.1 Å². The van der Waals surface area contributed by atoms with Crippen molar-refractivity contribution in [1.82, 2.24) is 15.3 Å². The molecular weight excluding hydrogens is 482 g/mol. The molecule has 2 heterocycles. The molecule has 3 rings (SSSR count). The third-order valence-electron chi connectivity index (χ3n) is 6.18. The number of nitrogens with zero attached hydrogens (tertiary/aromatic N) is 2. The first-order chi connectivity index (χ1) is 16.7.